The summed E-state index contributed by atoms with van der Waals surface area (Å²) in [5.74, 6) is -0.0787. The van der Waals surface area contributed by atoms with E-state index in [2.05, 4.69) is 9.88 Å². The lowest BCUT2D eigenvalue weighted by Crippen LogP contribution is -2.49. The van der Waals surface area contributed by atoms with Gasteiger partial charge in [0, 0.05) is 72.7 Å². The number of alkyl halides is 4. The molecule has 9 nitrogen and oxygen atoms in total. The number of nitrogens with zero attached hydrogens (tertiary/aromatic N) is 2. The van der Waals surface area contributed by atoms with Crippen LogP contribution in [-0.2, 0) is 15.7 Å². The molecule has 48 heavy (non-hydrogen) atoms. The lowest BCUT2D eigenvalue weighted by Gasteiger charge is -2.37. The van der Waals surface area contributed by atoms with Crippen molar-refractivity contribution in [1.82, 2.24) is 9.88 Å². The molecule has 7 rings (SSSR count). The highest BCUT2D eigenvalue weighted by atomic mass is 19.4. The zero-order valence-corrected chi connectivity index (χ0v) is 25.5. The number of rotatable bonds is 9. The van der Waals surface area contributed by atoms with E-state index in [0.29, 0.717) is 70.9 Å². The van der Waals surface area contributed by atoms with Crippen LogP contribution in [0.2, 0.25) is 0 Å². The molecule has 4 atom stereocenters. The molecule has 4 heterocycles. The number of halogens is 4. The van der Waals surface area contributed by atoms with Gasteiger partial charge in [-0.1, -0.05) is 12.1 Å². The largest absolute Gasteiger partial charge is 0.492 e. The molecule has 3 aliphatic rings. The normalized spacial score (nSPS) is 22.7. The van der Waals surface area contributed by atoms with Crippen LogP contribution < -0.4 is 14.2 Å². The summed E-state index contributed by atoms with van der Waals surface area (Å²) in [5, 5.41) is 20.2. The van der Waals surface area contributed by atoms with Crippen LogP contribution in [0.1, 0.15) is 35.6 Å². The van der Waals surface area contributed by atoms with Crippen LogP contribution in [0.5, 0.6) is 17.2 Å². The molecule has 0 aliphatic carbocycles. The van der Waals surface area contributed by atoms with E-state index >= 15 is 0 Å². The molecule has 2 fully saturated rings. The van der Waals surface area contributed by atoms with Crippen molar-refractivity contribution < 1.29 is 51.5 Å². The van der Waals surface area contributed by atoms with Gasteiger partial charge in [0.05, 0.1) is 23.9 Å². The van der Waals surface area contributed by atoms with Crippen molar-refractivity contribution in [2.75, 3.05) is 32.9 Å². The number of carboxylic acid groups (broad SMARTS) is 1. The summed E-state index contributed by atoms with van der Waals surface area (Å²) in [7, 11) is 0. The molecule has 4 aromatic rings. The van der Waals surface area contributed by atoms with Crippen LogP contribution in [0.25, 0.3) is 22.0 Å². The molecule has 3 unspecified atom stereocenters. The lowest BCUT2D eigenvalue weighted by atomic mass is 9.87. The quantitative estimate of drug-likeness (QED) is 0.207. The molecule has 1 aromatic heterocycles. The van der Waals surface area contributed by atoms with Gasteiger partial charge in [-0.15, -0.1) is 0 Å². The second-order valence-corrected chi connectivity index (χ2v) is 12.3. The Labute approximate surface area is 272 Å². The second kappa shape index (κ2) is 12.9. The first-order valence-electron chi connectivity index (χ1n) is 15.6. The van der Waals surface area contributed by atoms with E-state index < -0.39 is 42.3 Å². The van der Waals surface area contributed by atoms with Crippen LogP contribution in [0.3, 0.4) is 0 Å². The highest BCUT2D eigenvalue weighted by molar-refractivity contribution is 5.92. The fourth-order valence-corrected chi connectivity index (χ4v) is 6.44. The van der Waals surface area contributed by atoms with E-state index in [1.54, 1.807) is 48.7 Å². The molecule has 0 saturated carbocycles. The third-order valence-electron chi connectivity index (χ3n) is 8.91. The first-order chi connectivity index (χ1) is 23.1. The summed E-state index contributed by atoms with van der Waals surface area (Å²) in [6.45, 7) is 2.22. The van der Waals surface area contributed by atoms with Crippen molar-refractivity contribution in [3.63, 3.8) is 0 Å². The first-order valence-corrected chi connectivity index (χ1v) is 15.6. The van der Waals surface area contributed by atoms with Crippen LogP contribution in [0.4, 0.5) is 17.6 Å². The fourth-order valence-electron chi connectivity index (χ4n) is 6.44. The Morgan fingerprint density at radius 2 is 1.77 bits per heavy atom. The Morgan fingerprint density at radius 3 is 2.50 bits per heavy atom. The van der Waals surface area contributed by atoms with Gasteiger partial charge in [0.1, 0.15) is 23.9 Å². The summed E-state index contributed by atoms with van der Waals surface area (Å²) in [4.78, 5) is 18.2. The molecule has 3 aromatic carbocycles. The van der Waals surface area contributed by atoms with Gasteiger partial charge in [-0.2, -0.15) is 13.2 Å². The van der Waals surface area contributed by atoms with E-state index in [1.807, 2.05) is 0 Å². The van der Waals surface area contributed by atoms with Crippen LogP contribution in [0.15, 0.2) is 66.9 Å². The number of aliphatic hydroxyl groups is 1. The minimum absolute atomic E-state index is 0.0400. The highest BCUT2D eigenvalue weighted by Gasteiger charge is 2.36. The Hall–Kier alpha value is -4.46. The monoisotopic (exact) mass is 668 g/mol. The number of aliphatic hydroxyl groups excluding tert-OH is 1. The standard InChI is InChI=1S/C35H32F4N2O7/c36-15-19-17-41(18-19)9-10-45-23-4-1-20(2-5-23)33-32-26-8-6-24(46-31-13-22(42)12-30(47-31)34(43)44)14-28(26)40-16-27(32)25-7-3-21(35(37,38)39)11-29(25)48-33/h1-8,11,14,16,19,22,30-31,33,42H,9-10,12-13,15,17-18H2,(H,43,44)/t22?,30?,31?,33-/m0/s1. The third-order valence-corrected chi connectivity index (χ3v) is 8.91. The third kappa shape index (κ3) is 6.49. The highest BCUT2D eigenvalue weighted by Crippen LogP contribution is 2.49. The number of carbonyl (C=O) groups is 1. The molecule has 0 amide bonds. The van der Waals surface area contributed by atoms with Crippen molar-refractivity contribution in [3.8, 4) is 28.4 Å². The number of fused-ring (bicyclic) bond motifs is 5. The molecule has 252 valence electrons. The number of hydrogen-bond acceptors (Lipinski definition) is 8. The summed E-state index contributed by atoms with van der Waals surface area (Å²) in [6.07, 6.45) is -6.82. The maximum absolute atomic E-state index is 13.7. The van der Waals surface area contributed by atoms with E-state index in [4.69, 9.17) is 18.9 Å². The number of carboxylic acids is 1. The average molecular weight is 669 g/mol. The molecular weight excluding hydrogens is 636 g/mol. The van der Waals surface area contributed by atoms with Crippen molar-refractivity contribution in [3.05, 3.63) is 83.6 Å². The summed E-state index contributed by atoms with van der Waals surface area (Å²) in [5.41, 5.74) is 2.13. The number of ether oxygens (including phenoxy) is 4. The van der Waals surface area contributed by atoms with Crippen molar-refractivity contribution in [2.24, 2.45) is 5.92 Å². The average Bonchev–Trinajstić information content (AvgIpc) is 3.04. The summed E-state index contributed by atoms with van der Waals surface area (Å²) >= 11 is 0. The zero-order chi connectivity index (χ0) is 33.6. The molecule has 13 heteroatoms. The van der Waals surface area contributed by atoms with Gasteiger partial charge in [-0.25, -0.2) is 4.79 Å². The van der Waals surface area contributed by atoms with Gasteiger partial charge >= 0.3 is 12.1 Å². The summed E-state index contributed by atoms with van der Waals surface area (Å²) in [6, 6.07) is 15.6. The fraction of sp³-hybridized carbons (Fsp3) is 0.371. The maximum Gasteiger partial charge on any atom is 0.416 e. The van der Waals surface area contributed by atoms with Gasteiger partial charge in [0.15, 0.2) is 12.2 Å². The number of hydrogen-bond donors (Lipinski definition) is 2. The van der Waals surface area contributed by atoms with Gasteiger partial charge in [0.2, 0.25) is 6.29 Å². The van der Waals surface area contributed by atoms with Gasteiger partial charge in [0.25, 0.3) is 0 Å². The number of aliphatic carboxylic acids is 1. The van der Waals surface area contributed by atoms with Gasteiger partial charge in [-0.3, -0.25) is 14.3 Å². The van der Waals surface area contributed by atoms with Crippen molar-refractivity contribution >= 4 is 16.9 Å². The SMILES string of the molecule is O=C(O)C1CC(O)CC(Oc2ccc3c4c(cnc3c2)-c2ccc(C(F)(F)F)cc2O[C@H]4c2ccc(OCCN3CC(CF)C3)cc2)O1. The summed E-state index contributed by atoms with van der Waals surface area (Å²) < 4.78 is 77.3. The second-order valence-electron chi connectivity index (χ2n) is 12.3. The molecule has 0 radical (unpaired) electrons. The lowest BCUT2D eigenvalue weighted by molar-refractivity contribution is -0.195. The maximum atomic E-state index is 13.7. The molecule has 2 saturated heterocycles. The number of aromatic nitrogens is 1. The van der Waals surface area contributed by atoms with Gasteiger partial charge in [-0.05, 0) is 48.0 Å². The van der Waals surface area contributed by atoms with Crippen LogP contribution in [-0.4, -0.2) is 77.5 Å². The number of likely N-dealkylation sites (tertiary alicyclic amines) is 1. The zero-order valence-electron chi connectivity index (χ0n) is 25.5. The van der Waals surface area contributed by atoms with E-state index in [9.17, 15) is 32.6 Å². The van der Waals surface area contributed by atoms with E-state index in [1.165, 1.54) is 6.07 Å². The minimum atomic E-state index is -4.56. The number of benzene rings is 3. The first kappa shape index (κ1) is 32.1. The molecule has 2 N–H and O–H groups in total. The molecular formula is C35H32F4N2O7. The Balaban J connectivity index is 1.19. The van der Waals surface area contributed by atoms with Crippen LogP contribution >= 0.6 is 0 Å². The minimum Gasteiger partial charge on any atom is -0.492 e. The smallest absolute Gasteiger partial charge is 0.416 e. The van der Waals surface area contributed by atoms with Crippen molar-refractivity contribution in [2.45, 2.75) is 43.6 Å². The van der Waals surface area contributed by atoms with Crippen LogP contribution in [0, 0.1) is 5.92 Å². The molecule has 0 bridgehead atoms. The topological polar surface area (TPSA) is 111 Å². The Morgan fingerprint density at radius 1 is 1.00 bits per heavy atom. The molecule has 3 aliphatic heterocycles. The predicted molar refractivity (Wildman–Crippen MR) is 165 cm³/mol. The Kier molecular flexibility index (Phi) is 8.60. The Bertz CT molecular complexity index is 1810. The van der Waals surface area contributed by atoms with E-state index in [-0.39, 0.29) is 31.2 Å². The number of pyridine rings is 1. The molecule has 0 spiro atoms. The van der Waals surface area contributed by atoms with Crippen molar-refractivity contribution in [1.29, 1.82) is 0 Å². The van der Waals surface area contributed by atoms with Gasteiger partial charge < -0.3 is 29.2 Å². The predicted octanol–water partition coefficient (Wildman–Crippen LogP) is 6.01. The van der Waals surface area contributed by atoms with E-state index in [0.717, 1.165) is 12.1 Å².